The number of rotatable bonds is 4. The van der Waals surface area contributed by atoms with Gasteiger partial charge in [-0.1, -0.05) is 12.1 Å². The van der Waals surface area contributed by atoms with Crippen LogP contribution in [0.25, 0.3) is 0 Å². The van der Waals surface area contributed by atoms with Crippen molar-refractivity contribution in [3.05, 3.63) is 29.8 Å². The summed E-state index contributed by atoms with van der Waals surface area (Å²) in [5.74, 6) is 0.442. The van der Waals surface area contributed by atoms with Crippen LogP contribution in [-0.4, -0.2) is 49.6 Å². The van der Waals surface area contributed by atoms with Crippen molar-refractivity contribution in [1.29, 1.82) is 0 Å². The zero-order chi connectivity index (χ0) is 14.0. The molecule has 19 heavy (non-hydrogen) atoms. The Morgan fingerprint density at radius 1 is 1.42 bits per heavy atom. The summed E-state index contributed by atoms with van der Waals surface area (Å²) in [6.45, 7) is 0.421. The zero-order valence-corrected chi connectivity index (χ0v) is 11.8. The first-order valence-electron chi connectivity index (χ1n) is 6.31. The van der Waals surface area contributed by atoms with E-state index in [-0.39, 0.29) is 17.5 Å². The standard InChI is InChI=1S/C13H20N2O3S/c1-15(12-6-7-19(17,18)9-12)8-13(16)10-2-4-11(14)5-3-10/h2-5,12-13,16H,6-9,14H2,1H3. The van der Waals surface area contributed by atoms with Gasteiger partial charge in [0.05, 0.1) is 17.6 Å². The lowest BCUT2D eigenvalue weighted by molar-refractivity contribution is 0.110. The van der Waals surface area contributed by atoms with Crippen LogP contribution in [0.2, 0.25) is 0 Å². The molecule has 0 amide bonds. The monoisotopic (exact) mass is 284 g/mol. The Labute approximate surface area is 113 Å². The van der Waals surface area contributed by atoms with Crippen LogP contribution < -0.4 is 5.73 Å². The summed E-state index contributed by atoms with van der Waals surface area (Å²) in [7, 11) is -1.03. The van der Waals surface area contributed by atoms with Crippen LogP contribution in [0.5, 0.6) is 0 Å². The van der Waals surface area contributed by atoms with E-state index in [1.165, 1.54) is 0 Å². The maximum Gasteiger partial charge on any atom is 0.151 e. The first-order chi connectivity index (χ1) is 8.87. The summed E-state index contributed by atoms with van der Waals surface area (Å²) in [6.07, 6.45) is 0.0155. The van der Waals surface area contributed by atoms with Gasteiger partial charge in [0, 0.05) is 18.3 Å². The molecule has 106 valence electrons. The minimum Gasteiger partial charge on any atom is -0.399 e. The molecule has 1 aliphatic rings. The Morgan fingerprint density at radius 3 is 2.58 bits per heavy atom. The molecule has 3 N–H and O–H groups in total. The average Bonchev–Trinajstić information content (AvgIpc) is 2.70. The van der Waals surface area contributed by atoms with Crippen molar-refractivity contribution in [3.8, 4) is 0 Å². The van der Waals surface area contributed by atoms with Crippen molar-refractivity contribution in [1.82, 2.24) is 4.90 Å². The molecule has 0 bridgehead atoms. The van der Waals surface area contributed by atoms with Crippen LogP contribution in [0.15, 0.2) is 24.3 Å². The SMILES string of the molecule is CN(CC(O)c1ccc(N)cc1)C1CCS(=O)(=O)C1. The number of benzene rings is 1. The molecule has 1 aromatic carbocycles. The van der Waals surface area contributed by atoms with E-state index in [4.69, 9.17) is 5.73 Å². The van der Waals surface area contributed by atoms with E-state index in [1.807, 2.05) is 11.9 Å². The lowest BCUT2D eigenvalue weighted by atomic mass is 10.1. The molecule has 0 aliphatic carbocycles. The third kappa shape index (κ3) is 3.68. The molecular formula is C13H20N2O3S. The first-order valence-corrected chi connectivity index (χ1v) is 8.14. The third-order valence-electron chi connectivity index (χ3n) is 3.61. The molecule has 0 aromatic heterocycles. The largest absolute Gasteiger partial charge is 0.399 e. The zero-order valence-electron chi connectivity index (χ0n) is 11.0. The molecule has 6 heteroatoms. The molecule has 2 atom stereocenters. The molecule has 2 unspecified atom stereocenters. The van der Waals surface area contributed by atoms with Gasteiger partial charge in [-0.05, 0) is 31.2 Å². The molecule has 2 rings (SSSR count). The predicted octanol–water partition coefficient (Wildman–Crippen LogP) is 0.421. The van der Waals surface area contributed by atoms with Gasteiger partial charge in [0.15, 0.2) is 9.84 Å². The number of nitrogen functional groups attached to an aromatic ring is 1. The van der Waals surface area contributed by atoms with Gasteiger partial charge in [0.25, 0.3) is 0 Å². The summed E-state index contributed by atoms with van der Waals surface area (Å²) < 4.78 is 22.9. The summed E-state index contributed by atoms with van der Waals surface area (Å²) in [4.78, 5) is 1.92. The van der Waals surface area contributed by atoms with Crippen molar-refractivity contribution < 1.29 is 13.5 Å². The Hall–Kier alpha value is -1.11. The topological polar surface area (TPSA) is 83.6 Å². The summed E-state index contributed by atoms with van der Waals surface area (Å²) in [5.41, 5.74) is 7.05. The van der Waals surface area contributed by atoms with E-state index >= 15 is 0 Å². The number of nitrogens with zero attached hydrogens (tertiary/aromatic N) is 1. The Morgan fingerprint density at radius 2 is 2.05 bits per heavy atom. The van der Waals surface area contributed by atoms with Crippen LogP contribution in [0.4, 0.5) is 5.69 Å². The molecule has 1 saturated heterocycles. The number of nitrogens with two attached hydrogens (primary N) is 1. The van der Waals surface area contributed by atoms with Gasteiger partial charge in [0.1, 0.15) is 0 Å². The molecule has 1 fully saturated rings. The van der Waals surface area contributed by atoms with E-state index in [0.29, 0.717) is 18.7 Å². The van der Waals surface area contributed by atoms with Crippen LogP contribution in [0, 0.1) is 0 Å². The van der Waals surface area contributed by atoms with Crippen LogP contribution in [-0.2, 0) is 9.84 Å². The van der Waals surface area contributed by atoms with Gasteiger partial charge in [-0.3, -0.25) is 4.90 Å². The summed E-state index contributed by atoms with van der Waals surface area (Å²) >= 11 is 0. The maximum absolute atomic E-state index is 11.4. The maximum atomic E-state index is 11.4. The highest BCUT2D eigenvalue weighted by Gasteiger charge is 2.31. The Bertz CT molecular complexity index is 527. The number of likely N-dealkylation sites (N-methyl/N-ethyl adjacent to an activating group) is 1. The molecule has 0 spiro atoms. The second kappa shape index (κ2) is 5.48. The second-order valence-corrected chi connectivity index (χ2v) is 7.41. The fourth-order valence-electron chi connectivity index (χ4n) is 2.37. The molecule has 0 saturated carbocycles. The van der Waals surface area contributed by atoms with E-state index in [2.05, 4.69) is 0 Å². The molecule has 5 nitrogen and oxygen atoms in total. The lowest BCUT2D eigenvalue weighted by Gasteiger charge is -2.25. The molecule has 0 radical (unpaired) electrons. The average molecular weight is 284 g/mol. The molecule has 1 aliphatic heterocycles. The normalized spacial score (nSPS) is 23.6. The van der Waals surface area contributed by atoms with Crippen LogP contribution in [0.3, 0.4) is 0 Å². The highest BCUT2D eigenvalue weighted by atomic mass is 32.2. The van der Waals surface area contributed by atoms with Gasteiger partial charge < -0.3 is 10.8 Å². The number of anilines is 1. The van der Waals surface area contributed by atoms with Gasteiger partial charge in [-0.2, -0.15) is 0 Å². The fraction of sp³-hybridized carbons (Fsp3) is 0.538. The number of hydrogen-bond acceptors (Lipinski definition) is 5. The quantitative estimate of drug-likeness (QED) is 0.783. The highest BCUT2D eigenvalue weighted by molar-refractivity contribution is 7.91. The van der Waals surface area contributed by atoms with Crippen LogP contribution in [0.1, 0.15) is 18.1 Å². The molecule has 1 aromatic rings. The molecular weight excluding hydrogens is 264 g/mol. The minimum absolute atomic E-state index is 0.00781. The number of aliphatic hydroxyl groups is 1. The second-order valence-electron chi connectivity index (χ2n) is 5.18. The lowest BCUT2D eigenvalue weighted by Crippen LogP contribution is -2.35. The Balaban J connectivity index is 1.95. The van der Waals surface area contributed by atoms with Gasteiger partial charge in [-0.25, -0.2) is 8.42 Å². The van der Waals surface area contributed by atoms with Gasteiger partial charge in [-0.15, -0.1) is 0 Å². The number of aliphatic hydroxyl groups excluding tert-OH is 1. The fourth-order valence-corrected chi connectivity index (χ4v) is 4.17. The summed E-state index contributed by atoms with van der Waals surface area (Å²) in [6, 6.07) is 7.09. The van der Waals surface area contributed by atoms with Gasteiger partial charge in [0.2, 0.25) is 0 Å². The van der Waals surface area contributed by atoms with Crippen LogP contribution >= 0.6 is 0 Å². The third-order valence-corrected chi connectivity index (χ3v) is 5.36. The van der Waals surface area contributed by atoms with E-state index in [1.54, 1.807) is 24.3 Å². The highest BCUT2D eigenvalue weighted by Crippen LogP contribution is 2.20. The Kier molecular flexibility index (Phi) is 4.13. The van der Waals surface area contributed by atoms with Crippen molar-refractivity contribution in [2.24, 2.45) is 0 Å². The van der Waals surface area contributed by atoms with Gasteiger partial charge >= 0.3 is 0 Å². The number of hydrogen-bond donors (Lipinski definition) is 2. The first kappa shape index (κ1) is 14.3. The van der Waals surface area contributed by atoms with Crippen molar-refractivity contribution in [2.45, 2.75) is 18.6 Å². The number of sulfone groups is 1. The van der Waals surface area contributed by atoms with E-state index < -0.39 is 15.9 Å². The predicted molar refractivity (Wildman–Crippen MR) is 75.5 cm³/mol. The van der Waals surface area contributed by atoms with Crippen molar-refractivity contribution in [3.63, 3.8) is 0 Å². The van der Waals surface area contributed by atoms with Crippen molar-refractivity contribution >= 4 is 15.5 Å². The minimum atomic E-state index is -2.89. The van der Waals surface area contributed by atoms with E-state index in [0.717, 1.165) is 5.56 Å². The smallest absolute Gasteiger partial charge is 0.151 e. The summed E-state index contributed by atoms with van der Waals surface area (Å²) in [5, 5.41) is 10.1. The van der Waals surface area contributed by atoms with E-state index in [9.17, 15) is 13.5 Å². The van der Waals surface area contributed by atoms with Crippen molar-refractivity contribution in [2.75, 3.05) is 30.8 Å². The molecule has 1 heterocycles.